The van der Waals surface area contributed by atoms with E-state index < -0.39 is 15.8 Å². The van der Waals surface area contributed by atoms with Gasteiger partial charge in [0.1, 0.15) is 10.0 Å². The van der Waals surface area contributed by atoms with Crippen LogP contribution in [0.5, 0.6) is 0 Å². The van der Waals surface area contributed by atoms with Crippen LogP contribution in [0, 0.1) is 5.82 Å². The van der Waals surface area contributed by atoms with E-state index in [4.69, 9.17) is 16.7 Å². The van der Waals surface area contributed by atoms with Crippen LogP contribution in [0.15, 0.2) is 34.5 Å². The molecule has 0 fully saturated rings. The van der Waals surface area contributed by atoms with Crippen molar-refractivity contribution >= 4 is 38.6 Å². The highest BCUT2D eigenvalue weighted by Crippen LogP contribution is 2.26. The maximum Gasteiger partial charge on any atom is 0.271 e. The van der Waals surface area contributed by atoms with E-state index >= 15 is 0 Å². The van der Waals surface area contributed by atoms with Crippen molar-refractivity contribution in [3.63, 3.8) is 0 Å². The summed E-state index contributed by atoms with van der Waals surface area (Å²) in [4.78, 5) is 0.539. The molecule has 8 heteroatoms. The molecule has 0 aliphatic rings. The zero-order chi connectivity index (χ0) is 14.0. The maximum absolute atomic E-state index is 13.0. The predicted octanol–water partition coefficient (Wildman–Crippen LogP) is 2.83. The second kappa shape index (κ2) is 5.46. The first-order valence-electron chi connectivity index (χ1n) is 5.10. The second-order valence-corrected chi connectivity index (χ2v) is 7.10. The van der Waals surface area contributed by atoms with Gasteiger partial charge in [-0.3, -0.25) is 4.72 Å². The molecule has 1 aromatic heterocycles. The third kappa shape index (κ3) is 3.24. The average Bonchev–Trinajstić information content (AvgIpc) is 2.83. The lowest BCUT2D eigenvalue weighted by atomic mass is 10.3. The molecule has 1 heterocycles. The van der Waals surface area contributed by atoms with Gasteiger partial charge in [-0.2, -0.15) is 0 Å². The van der Waals surface area contributed by atoms with Crippen molar-refractivity contribution in [1.82, 2.24) is 0 Å². The fourth-order valence-corrected chi connectivity index (χ4v) is 3.80. The summed E-state index contributed by atoms with van der Waals surface area (Å²) in [5.41, 5.74) is 0.172. The quantitative estimate of drug-likeness (QED) is 0.910. The van der Waals surface area contributed by atoms with Gasteiger partial charge in [0.2, 0.25) is 0 Å². The first kappa shape index (κ1) is 14.3. The Morgan fingerprint density at radius 3 is 2.63 bits per heavy atom. The van der Waals surface area contributed by atoms with Gasteiger partial charge in [0.05, 0.1) is 17.3 Å². The third-order valence-electron chi connectivity index (χ3n) is 2.23. The second-order valence-electron chi connectivity index (χ2n) is 3.61. The van der Waals surface area contributed by atoms with Crippen molar-refractivity contribution in [2.75, 3.05) is 4.72 Å². The van der Waals surface area contributed by atoms with Crippen molar-refractivity contribution in [1.29, 1.82) is 0 Å². The largest absolute Gasteiger partial charge is 0.391 e. The molecule has 0 unspecified atom stereocenters. The van der Waals surface area contributed by atoms with Crippen molar-refractivity contribution in [2.45, 2.75) is 10.8 Å². The molecule has 2 rings (SSSR count). The van der Waals surface area contributed by atoms with Crippen LogP contribution in [-0.2, 0) is 16.6 Å². The Balaban J connectivity index is 2.28. The number of aliphatic hydroxyl groups excluding tert-OH is 1. The van der Waals surface area contributed by atoms with Crippen molar-refractivity contribution in [2.24, 2.45) is 0 Å². The Hall–Kier alpha value is -1.15. The number of aliphatic hydroxyl groups is 1. The number of rotatable bonds is 4. The molecule has 0 saturated carbocycles. The van der Waals surface area contributed by atoms with Crippen molar-refractivity contribution in [3.05, 3.63) is 46.0 Å². The van der Waals surface area contributed by atoms with Crippen LogP contribution in [0.1, 0.15) is 4.88 Å². The first-order valence-corrected chi connectivity index (χ1v) is 7.77. The average molecular weight is 322 g/mol. The maximum atomic E-state index is 13.0. The van der Waals surface area contributed by atoms with Gasteiger partial charge in [0.25, 0.3) is 10.0 Å². The van der Waals surface area contributed by atoms with Crippen LogP contribution < -0.4 is 4.72 Å². The lowest BCUT2D eigenvalue weighted by Crippen LogP contribution is -2.11. The number of halogens is 2. The molecule has 2 N–H and O–H groups in total. The van der Waals surface area contributed by atoms with Crippen molar-refractivity contribution in [3.8, 4) is 0 Å². The molecule has 2 aromatic rings. The number of hydrogen-bond acceptors (Lipinski definition) is 4. The summed E-state index contributed by atoms with van der Waals surface area (Å²) < 4.78 is 39.3. The monoisotopic (exact) mass is 321 g/mol. The minimum Gasteiger partial charge on any atom is -0.391 e. The topological polar surface area (TPSA) is 66.4 Å². The Kier molecular flexibility index (Phi) is 4.10. The van der Waals surface area contributed by atoms with Crippen LogP contribution in [0.3, 0.4) is 0 Å². The SMILES string of the molecule is O=S(=O)(Nc1ccc(F)c(Cl)c1)c1ccc(CO)s1. The molecular formula is C11H9ClFNO3S2. The highest BCUT2D eigenvalue weighted by molar-refractivity contribution is 7.94. The number of benzene rings is 1. The van der Waals surface area contributed by atoms with Crippen LogP contribution in [0.4, 0.5) is 10.1 Å². The molecule has 4 nitrogen and oxygen atoms in total. The number of nitrogens with one attached hydrogen (secondary N) is 1. The van der Waals surface area contributed by atoms with E-state index in [0.717, 1.165) is 17.4 Å². The zero-order valence-electron chi connectivity index (χ0n) is 9.43. The van der Waals surface area contributed by atoms with Gasteiger partial charge in [-0.05, 0) is 30.3 Å². The summed E-state index contributed by atoms with van der Waals surface area (Å²) in [6.45, 7) is -0.220. The molecule has 102 valence electrons. The summed E-state index contributed by atoms with van der Waals surface area (Å²) >= 11 is 6.53. The van der Waals surface area contributed by atoms with Crippen LogP contribution in [-0.4, -0.2) is 13.5 Å². The van der Waals surface area contributed by atoms with Gasteiger partial charge >= 0.3 is 0 Å². The Morgan fingerprint density at radius 2 is 2.05 bits per heavy atom. The molecule has 19 heavy (non-hydrogen) atoms. The van der Waals surface area contributed by atoms with E-state index in [9.17, 15) is 12.8 Å². The van der Waals surface area contributed by atoms with Gasteiger partial charge in [-0.25, -0.2) is 12.8 Å². The fourth-order valence-electron chi connectivity index (χ4n) is 1.35. The number of thiophene rings is 1. The van der Waals surface area contributed by atoms with Crippen LogP contribution >= 0.6 is 22.9 Å². The van der Waals surface area contributed by atoms with E-state index in [2.05, 4.69) is 4.72 Å². The summed E-state index contributed by atoms with van der Waals surface area (Å²) in [7, 11) is -3.76. The molecule has 0 atom stereocenters. The molecule has 0 spiro atoms. The molecule has 0 bridgehead atoms. The minimum absolute atomic E-state index is 0.0667. The zero-order valence-corrected chi connectivity index (χ0v) is 11.8. The molecule has 0 saturated heterocycles. The first-order chi connectivity index (χ1) is 8.92. The molecule has 0 aliphatic heterocycles. The normalized spacial score (nSPS) is 11.5. The lowest BCUT2D eigenvalue weighted by Gasteiger charge is -2.06. The lowest BCUT2D eigenvalue weighted by molar-refractivity contribution is 0.285. The van der Waals surface area contributed by atoms with Crippen LogP contribution in [0.25, 0.3) is 0 Å². The predicted molar refractivity (Wildman–Crippen MR) is 72.5 cm³/mol. The number of anilines is 1. The Morgan fingerprint density at radius 1 is 1.32 bits per heavy atom. The van der Waals surface area contributed by atoms with Gasteiger partial charge in [-0.15, -0.1) is 11.3 Å². The van der Waals surface area contributed by atoms with Gasteiger partial charge < -0.3 is 5.11 Å². The van der Waals surface area contributed by atoms with E-state index in [-0.39, 0.29) is 21.5 Å². The van der Waals surface area contributed by atoms with E-state index in [1.807, 2.05) is 0 Å². The van der Waals surface area contributed by atoms with E-state index in [1.165, 1.54) is 24.3 Å². The van der Waals surface area contributed by atoms with Crippen molar-refractivity contribution < 1.29 is 17.9 Å². The smallest absolute Gasteiger partial charge is 0.271 e. The standard InChI is InChI=1S/C11H9ClFNO3S2/c12-9-5-7(1-3-10(9)13)14-19(16,17)11-4-2-8(6-15)18-11/h1-5,14-15H,6H2. The molecule has 1 aromatic carbocycles. The van der Waals surface area contributed by atoms with Gasteiger partial charge in [-0.1, -0.05) is 11.6 Å². The number of hydrogen-bond donors (Lipinski definition) is 2. The Bertz CT molecular complexity index is 700. The highest BCUT2D eigenvalue weighted by Gasteiger charge is 2.17. The van der Waals surface area contributed by atoms with Gasteiger partial charge in [0.15, 0.2) is 0 Å². The summed E-state index contributed by atoms with van der Waals surface area (Å²) in [6.07, 6.45) is 0. The van der Waals surface area contributed by atoms with Crippen LogP contribution in [0.2, 0.25) is 5.02 Å². The van der Waals surface area contributed by atoms with E-state index in [0.29, 0.717) is 4.88 Å². The molecular weight excluding hydrogens is 313 g/mol. The third-order valence-corrected chi connectivity index (χ3v) is 5.46. The summed E-state index contributed by atoms with van der Waals surface area (Å²) in [5.74, 6) is -0.622. The minimum atomic E-state index is -3.76. The Labute approximate surface area is 118 Å². The van der Waals surface area contributed by atoms with Gasteiger partial charge in [0, 0.05) is 4.88 Å². The number of sulfonamides is 1. The molecule has 0 amide bonds. The summed E-state index contributed by atoms with van der Waals surface area (Å²) in [6, 6.07) is 6.46. The molecule has 0 radical (unpaired) electrons. The highest BCUT2D eigenvalue weighted by atomic mass is 35.5. The summed E-state index contributed by atoms with van der Waals surface area (Å²) in [5, 5.41) is 8.74. The molecule has 0 aliphatic carbocycles. The fraction of sp³-hybridized carbons (Fsp3) is 0.0909. The van der Waals surface area contributed by atoms with E-state index in [1.54, 1.807) is 0 Å².